The number of alkyl halides is 3. The number of nitrogens with zero attached hydrogens (tertiary/aromatic N) is 5. The van der Waals surface area contributed by atoms with Gasteiger partial charge in [-0.2, -0.15) is 23.5 Å². The van der Waals surface area contributed by atoms with Crippen LogP contribution < -0.4 is 15.8 Å². The average molecular weight is 463 g/mol. The first kappa shape index (κ1) is 24.0. The van der Waals surface area contributed by atoms with Crippen LogP contribution in [0.4, 0.5) is 24.7 Å². The van der Waals surface area contributed by atoms with Gasteiger partial charge in [0, 0.05) is 45.3 Å². The molecule has 2 aromatic heterocycles. The third kappa shape index (κ3) is 6.44. The first-order valence-electron chi connectivity index (χ1n) is 10.6. The van der Waals surface area contributed by atoms with Crippen LogP contribution in [0.15, 0.2) is 29.3 Å². The standard InChI is InChI=1S/C21H24F3N7O2/c22-21(23,24)19-16(14-28-29-20(19)33)26-7-3-1-2-4-18(32)31-10-8-30(9-11-31)17-6-5-15(12-25)13-27-17/h5-6,13-14H,1-4,7-11H2,(H2,26,29,33). The van der Waals surface area contributed by atoms with Gasteiger partial charge in [0.1, 0.15) is 17.5 Å². The van der Waals surface area contributed by atoms with Crippen LogP contribution >= 0.6 is 0 Å². The van der Waals surface area contributed by atoms with Crippen molar-refractivity contribution >= 4 is 17.4 Å². The lowest BCUT2D eigenvalue weighted by molar-refractivity contribution is -0.138. The molecule has 0 spiro atoms. The SMILES string of the molecule is N#Cc1ccc(N2CCN(C(=O)CCCCCNc3cn[nH]c(=O)c3C(F)(F)F)CC2)nc1. The van der Waals surface area contributed by atoms with Crippen LogP contribution in [-0.4, -0.2) is 58.7 Å². The summed E-state index contributed by atoms with van der Waals surface area (Å²) in [6.07, 6.45) is -0.0985. The Balaban J connectivity index is 1.35. The molecule has 0 aliphatic carbocycles. The molecule has 33 heavy (non-hydrogen) atoms. The highest BCUT2D eigenvalue weighted by Gasteiger charge is 2.37. The molecule has 176 valence electrons. The molecule has 2 aromatic rings. The quantitative estimate of drug-likeness (QED) is 0.577. The second-order valence-electron chi connectivity index (χ2n) is 7.61. The monoisotopic (exact) mass is 463 g/mol. The zero-order valence-corrected chi connectivity index (χ0v) is 17.9. The number of aromatic nitrogens is 3. The number of halogens is 3. The highest BCUT2D eigenvalue weighted by atomic mass is 19.4. The van der Waals surface area contributed by atoms with Crippen LogP contribution in [0.2, 0.25) is 0 Å². The number of piperazine rings is 1. The number of nitrogens with one attached hydrogen (secondary N) is 2. The van der Waals surface area contributed by atoms with Crippen molar-refractivity contribution in [2.24, 2.45) is 0 Å². The van der Waals surface area contributed by atoms with Crippen molar-refractivity contribution in [1.82, 2.24) is 20.1 Å². The molecule has 1 aliphatic rings. The predicted octanol–water partition coefficient (Wildman–Crippen LogP) is 2.38. The number of anilines is 2. The van der Waals surface area contributed by atoms with E-state index in [4.69, 9.17) is 5.26 Å². The van der Waals surface area contributed by atoms with Crippen LogP contribution in [0.1, 0.15) is 36.8 Å². The van der Waals surface area contributed by atoms with E-state index < -0.39 is 17.3 Å². The molecule has 3 rings (SSSR count). The van der Waals surface area contributed by atoms with Crippen LogP contribution in [0, 0.1) is 11.3 Å². The van der Waals surface area contributed by atoms with Crippen LogP contribution in [0.3, 0.4) is 0 Å². The maximum Gasteiger partial charge on any atom is 0.423 e. The molecule has 1 fully saturated rings. The van der Waals surface area contributed by atoms with Gasteiger partial charge in [-0.05, 0) is 25.0 Å². The molecule has 0 unspecified atom stereocenters. The number of unbranched alkanes of at least 4 members (excludes halogenated alkanes) is 2. The molecular weight excluding hydrogens is 439 g/mol. The summed E-state index contributed by atoms with van der Waals surface area (Å²) in [6.45, 7) is 2.70. The molecule has 1 amide bonds. The number of aromatic amines is 1. The Morgan fingerprint density at radius 3 is 2.55 bits per heavy atom. The normalized spacial score (nSPS) is 14.1. The van der Waals surface area contributed by atoms with Gasteiger partial charge in [-0.15, -0.1) is 0 Å². The van der Waals surface area contributed by atoms with Gasteiger partial charge >= 0.3 is 6.18 Å². The summed E-state index contributed by atoms with van der Waals surface area (Å²) in [6, 6.07) is 5.54. The zero-order chi connectivity index (χ0) is 23.8. The summed E-state index contributed by atoms with van der Waals surface area (Å²) >= 11 is 0. The van der Waals surface area contributed by atoms with Gasteiger partial charge in [-0.3, -0.25) is 9.59 Å². The molecule has 1 aliphatic heterocycles. The summed E-state index contributed by atoms with van der Waals surface area (Å²) < 4.78 is 39.0. The topological polar surface area (TPSA) is 118 Å². The number of rotatable bonds is 8. The van der Waals surface area contributed by atoms with Crippen molar-refractivity contribution in [2.75, 3.05) is 42.9 Å². The maximum absolute atomic E-state index is 13.0. The lowest BCUT2D eigenvalue weighted by atomic mass is 10.1. The van der Waals surface area contributed by atoms with Crippen LogP contribution in [0.5, 0.6) is 0 Å². The van der Waals surface area contributed by atoms with Gasteiger partial charge in [0.2, 0.25) is 5.91 Å². The number of pyridine rings is 1. The first-order chi connectivity index (χ1) is 15.8. The molecule has 9 nitrogen and oxygen atoms in total. The van der Waals surface area contributed by atoms with E-state index in [-0.39, 0.29) is 18.1 Å². The Hall–Kier alpha value is -3.62. The fourth-order valence-corrected chi connectivity index (χ4v) is 3.60. The molecule has 0 bridgehead atoms. The molecule has 2 N–H and O–H groups in total. The molecule has 0 radical (unpaired) electrons. The molecule has 3 heterocycles. The minimum Gasteiger partial charge on any atom is -0.383 e. The minimum atomic E-state index is -4.77. The summed E-state index contributed by atoms with van der Waals surface area (Å²) in [5.74, 6) is 0.825. The molecule has 0 atom stereocenters. The Morgan fingerprint density at radius 2 is 1.91 bits per heavy atom. The largest absolute Gasteiger partial charge is 0.423 e. The van der Waals surface area contributed by atoms with Crippen molar-refractivity contribution in [3.63, 3.8) is 0 Å². The first-order valence-corrected chi connectivity index (χ1v) is 10.6. The van der Waals surface area contributed by atoms with E-state index in [0.717, 1.165) is 12.0 Å². The summed E-state index contributed by atoms with van der Waals surface area (Å²) in [7, 11) is 0. The number of H-pyrrole nitrogens is 1. The number of carbonyl (C=O) groups is 1. The molecule has 0 aromatic carbocycles. The Bertz CT molecular complexity index is 1040. The van der Waals surface area contributed by atoms with E-state index in [1.165, 1.54) is 6.20 Å². The van der Waals surface area contributed by atoms with Gasteiger partial charge in [0.25, 0.3) is 5.56 Å². The third-order valence-electron chi connectivity index (χ3n) is 5.36. The number of carbonyl (C=O) groups excluding carboxylic acids is 1. The second kappa shape index (κ2) is 10.8. The number of amides is 1. The van der Waals surface area contributed by atoms with Crippen molar-refractivity contribution in [1.29, 1.82) is 5.26 Å². The highest BCUT2D eigenvalue weighted by Crippen LogP contribution is 2.31. The fourth-order valence-electron chi connectivity index (χ4n) is 3.60. The number of hydrogen-bond donors (Lipinski definition) is 2. The average Bonchev–Trinajstić information content (AvgIpc) is 2.80. The lowest BCUT2D eigenvalue weighted by Gasteiger charge is -2.35. The Kier molecular flexibility index (Phi) is 7.87. The molecule has 1 saturated heterocycles. The molecular formula is C21H24F3N7O2. The predicted molar refractivity (Wildman–Crippen MR) is 115 cm³/mol. The van der Waals surface area contributed by atoms with E-state index >= 15 is 0 Å². The van der Waals surface area contributed by atoms with E-state index in [1.54, 1.807) is 22.1 Å². The maximum atomic E-state index is 13.0. The van der Waals surface area contributed by atoms with Crippen molar-refractivity contribution in [2.45, 2.75) is 31.9 Å². The summed E-state index contributed by atoms with van der Waals surface area (Å²) in [5.41, 5.74) is -2.43. The smallest absolute Gasteiger partial charge is 0.383 e. The number of nitriles is 1. The van der Waals surface area contributed by atoms with Gasteiger partial charge in [0.15, 0.2) is 0 Å². The molecule has 12 heteroatoms. The van der Waals surface area contributed by atoms with Crippen LogP contribution in [-0.2, 0) is 11.0 Å². The van der Waals surface area contributed by atoms with E-state index in [2.05, 4.69) is 20.3 Å². The third-order valence-corrected chi connectivity index (χ3v) is 5.36. The van der Waals surface area contributed by atoms with Gasteiger partial charge in [-0.25, -0.2) is 10.1 Å². The summed E-state index contributed by atoms with van der Waals surface area (Å²) in [4.78, 5) is 32.0. The van der Waals surface area contributed by atoms with E-state index in [0.29, 0.717) is 57.4 Å². The van der Waals surface area contributed by atoms with Crippen molar-refractivity contribution in [3.05, 3.63) is 46.0 Å². The summed E-state index contributed by atoms with van der Waals surface area (Å²) in [5, 5.41) is 16.7. The highest BCUT2D eigenvalue weighted by molar-refractivity contribution is 5.76. The minimum absolute atomic E-state index is 0.0496. The zero-order valence-electron chi connectivity index (χ0n) is 17.9. The Labute approximate surface area is 188 Å². The lowest BCUT2D eigenvalue weighted by Crippen LogP contribution is -2.49. The van der Waals surface area contributed by atoms with Crippen molar-refractivity contribution in [3.8, 4) is 6.07 Å². The van der Waals surface area contributed by atoms with E-state index in [1.807, 2.05) is 6.07 Å². The van der Waals surface area contributed by atoms with E-state index in [9.17, 15) is 22.8 Å². The van der Waals surface area contributed by atoms with Gasteiger partial charge in [0.05, 0.1) is 17.4 Å². The second-order valence-corrected chi connectivity index (χ2v) is 7.61. The van der Waals surface area contributed by atoms with Gasteiger partial charge in [-0.1, -0.05) is 6.42 Å². The number of hydrogen-bond acceptors (Lipinski definition) is 7. The Morgan fingerprint density at radius 1 is 1.15 bits per heavy atom. The fraction of sp³-hybridized carbons (Fsp3) is 0.476. The van der Waals surface area contributed by atoms with Crippen molar-refractivity contribution < 1.29 is 18.0 Å². The molecule has 0 saturated carbocycles. The van der Waals surface area contributed by atoms with Crippen LogP contribution in [0.25, 0.3) is 0 Å². The van der Waals surface area contributed by atoms with Gasteiger partial charge < -0.3 is 15.1 Å².